The van der Waals surface area contributed by atoms with Crippen molar-refractivity contribution in [3.63, 3.8) is 0 Å². The van der Waals surface area contributed by atoms with Crippen LogP contribution in [-0.4, -0.2) is 119 Å². The van der Waals surface area contributed by atoms with E-state index in [1.54, 1.807) is 6.92 Å². The summed E-state index contributed by atoms with van der Waals surface area (Å²) in [4.78, 5) is 0. The van der Waals surface area contributed by atoms with E-state index in [1.807, 2.05) is 26.8 Å². The van der Waals surface area contributed by atoms with Crippen molar-refractivity contribution in [1.82, 2.24) is 10.6 Å². The lowest BCUT2D eigenvalue weighted by atomic mass is 9.83. The molecule has 0 spiro atoms. The third kappa shape index (κ3) is 9.36. The molecule has 0 bridgehead atoms. The molecule has 0 amide bonds. The minimum Gasteiger partial charge on any atom is -0.468 e. The summed E-state index contributed by atoms with van der Waals surface area (Å²) in [5, 5.41) is 57.4. The predicted octanol–water partition coefficient (Wildman–Crippen LogP) is -1.33. The van der Waals surface area contributed by atoms with Gasteiger partial charge in [-0.15, -0.1) is 0 Å². The largest absolute Gasteiger partial charge is 0.468 e. The fourth-order valence-corrected chi connectivity index (χ4v) is 4.78. The van der Waals surface area contributed by atoms with Crippen molar-refractivity contribution < 1.29 is 44.5 Å². The van der Waals surface area contributed by atoms with E-state index in [4.69, 9.17) is 24.7 Å². The Morgan fingerprint density at radius 2 is 1.89 bits per heavy atom. The molecule has 9 N–H and O–H groups in total. The molecule has 0 aromatic carbocycles. The molecule has 0 aromatic rings. The van der Waals surface area contributed by atoms with E-state index in [0.717, 1.165) is 18.7 Å². The minimum atomic E-state index is -1.22. The van der Waals surface area contributed by atoms with Crippen molar-refractivity contribution in [2.24, 2.45) is 5.73 Å². The van der Waals surface area contributed by atoms with Crippen LogP contribution in [-0.2, 0) is 18.9 Å². The highest BCUT2D eigenvalue weighted by Crippen LogP contribution is 2.32. The van der Waals surface area contributed by atoms with Crippen LogP contribution in [0.1, 0.15) is 53.4 Å². The summed E-state index contributed by atoms with van der Waals surface area (Å²) in [5.74, 6) is 0.772. The van der Waals surface area contributed by atoms with Gasteiger partial charge in [0.15, 0.2) is 12.6 Å². The van der Waals surface area contributed by atoms with Gasteiger partial charge in [0, 0.05) is 24.9 Å². The molecular weight excluding hydrogens is 486 g/mol. The van der Waals surface area contributed by atoms with Crippen LogP contribution in [0.2, 0.25) is 0 Å². The normalized spacial score (nSPS) is 38.4. The maximum Gasteiger partial charge on any atom is 0.200 e. The van der Waals surface area contributed by atoms with Gasteiger partial charge in [-0.3, -0.25) is 0 Å². The molecule has 2 heterocycles. The summed E-state index contributed by atoms with van der Waals surface area (Å²) < 4.78 is 23.7. The standard InChI is InChI=1S/C23H43N3O9.C2H6/c1-3-25-9-14-5-4-6-18(33-14)34-20-15(24)7-16(26-13(10-27)11-28)21(19(20)30)35-22-17(29)8-23(2,31)12-32-22;1-2/h5,13,15-22,25-31H,3-4,6-12,24H2,1-2H3;1-2H3/t15?,16?,17?,18-,19?,20-,21+,22?,23-;/m1./s1. The molecule has 3 aliphatic rings. The van der Waals surface area contributed by atoms with Crippen molar-refractivity contribution in [2.75, 3.05) is 32.9 Å². The number of likely N-dealkylation sites (N-methyl/N-ethyl adjacent to an activating group) is 1. The number of aliphatic hydroxyl groups is 5. The molecule has 2 fully saturated rings. The highest BCUT2D eigenvalue weighted by atomic mass is 16.7. The van der Waals surface area contributed by atoms with Gasteiger partial charge in [-0.2, -0.15) is 0 Å². The monoisotopic (exact) mass is 535 g/mol. The molecule has 1 aliphatic carbocycles. The molecule has 37 heavy (non-hydrogen) atoms. The summed E-state index contributed by atoms with van der Waals surface area (Å²) in [5.41, 5.74) is 5.22. The van der Waals surface area contributed by atoms with Crippen molar-refractivity contribution >= 4 is 0 Å². The second-order valence-corrected chi connectivity index (χ2v) is 9.95. The molecule has 5 unspecified atom stereocenters. The average Bonchev–Trinajstić information content (AvgIpc) is 2.88. The van der Waals surface area contributed by atoms with Crippen LogP contribution in [0.5, 0.6) is 0 Å². The summed E-state index contributed by atoms with van der Waals surface area (Å²) in [6.45, 7) is 8.26. The van der Waals surface area contributed by atoms with Crippen LogP contribution in [0.15, 0.2) is 11.8 Å². The number of nitrogens with two attached hydrogens (primary N) is 1. The number of hydrogen-bond donors (Lipinski definition) is 8. The summed E-state index contributed by atoms with van der Waals surface area (Å²) in [6.07, 6.45) is -2.05. The van der Waals surface area contributed by atoms with Crippen molar-refractivity contribution in [1.29, 1.82) is 0 Å². The maximum absolute atomic E-state index is 11.3. The van der Waals surface area contributed by atoms with Gasteiger partial charge in [-0.05, 0) is 32.4 Å². The highest BCUT2D eigenvalue weighted by molar-refractivity contribution is 5.03. The Hall–Kier alpha value is -0.900. The number of hydrogen-bond acceptors (Lipinski definition) is 12. The Labute approximate surface area is 220 Å². The van der Waals surface area contributed by atoms with E-state index in [0.29, 0.717) is 19.4 Å². The molecule has 3 rings (SSSR count). The van der Waals surface area contributed by atoms with Gasteiger partial charge in [0.1, 0.15) is 30.2 Å². The topological polar surface area (TPSA) is 188 Å². The number of ether oxygens (including phenoxy) is 4. The zero-order chi connectivity index (χ0) is 27.6. The first-order chi connectivity index (χ1) is 17.7. The Kier molecular flexibility index (Phi) is 13.7. The predicted molar refractivity (Wildman–Crippen MR) is 136 cm³/mol. The summed E-state index contributed by atoms with van der Waals surface area (Å²) in [7, 11) is 0. The second-order valence-electron chi connectivity index (χ2n) is 9.95. The first kappa shape index (κ1) is 32.3. The van der Waals surface area contributed by atoms with Crippen LogP contribution in [0, 0.1) is 0 Å². The minimum absolute atomic E-state index is 0.0399. The Balaban J connectivity index is 0.00000235. The lowest BCUT2D eigenvalue weighted by Gasteiger charge is -2.47. The Morgan fingerprint density at radius 3 is 2.51 bits per heavy atom. The maximum atomic E-state index is 11.3. The number of aliphatic hydroxyl groups excluding tert-OH is 4. The first-order valence-electron chi connectivity index (χ1n) is 13.5. The van der Waals surface area contributed by atoms with Crippen LogP contribution in [0.4, 0.5) is 0 Å². The fourth-order valence-electron chi connectivity index (χ4n) is 4.78. The van der Waals surface area contributed by atoms with E-state index in [2.05, 4.69) is 10.6 Å². The van der Waals surface area contributed by atoms with Crippen LogP contribution in [0.25, 0.3) is 0 Å². The third-order valence-corrected chi connectivity index (χ3v) is 6.64. The zero-order valence-corrected chi connectivity index (χ0v) is 22.6. The van der Waals surface area contributed by atoms with E-state index >= 15 is 0 Å². The van der Waals surface area contributed by atoms with Crippen molar-refractivity contribution in [2.45, 2.75) is 114 Å². The molecule has 12 nitrogen and oxygen atoms in total. The third-order valence-electron chi connectivity index (χ3n) is 6.64. The second kappa shape index (κ2) is 15.6. The molecule has 0 aromatic heterocycles. The molecule has 12 heteroatoms. The van der Waals surface area contributed by atoms with E-state index in [-0.39, 0.29) is 26.2 Å². The lowest BCUT2D eigenvalue weighted by Crippen LogP contribution is -2.67. The Bertz CT molecular complexity index is 680. The fraction of sp³-hybridized carbons (Fsp3) is 0.920. The molecule has 218 valence electrons. The van der Waals surface area contributed by atoms with Crippen LogP contribution < -0.4 is 16.4 Å². The van der Waals surface area contributed by atoms with E-state index in [1.165, 1.54) is 0 Å². The van der Waals surface area contributed by atoms with Gasteiger partial charge in [-0.1, -0.05) is 20.8 Å². The van der Waals surface area contributed by atoms with Crippen molar-refractivity contribution in [3.8, 4) is 0 Å². The van der Waals surface area contributed by atoms with Gasteiger partial charge in [0.05, 0.1) is 38.0 Å². The smallest absolute Gasteiger partial charge is 0.200 e. The SMILES string of the molecule is CC.CCNCC1=CCC[C@@H](O[C@@H]2C(N)CC(NC(CO)CO)[C@H](OC3OC[C@](C)(O)CC3O)C2O)O1. The van der Waals surface area contributed by atoms with Gasteiger partial charge in [0.2, 0.25) is 0 Å². The van der Waals surface area contributed by atoms with Gasteiger partial charge < -0.3 is 60.8 Å². The quantitative estimate of drug-likeness (QED) is 0.156. The Morgan fingerprint density at radius 1 is 1.19 bits per heavy atom. The van der Waals surface area contributed by atoms with Gasteiger partial charge in [0.25, 0.3) is 0 Å². The summed E-state index contributed by atoms with van der Waals surface area (Å²) in [6, 6.07) is -1.81. The first-order valence-corrected chi connectivity index (χ1v) is 13.5. The van der Waals surface area contributed by atoms with Gasteiger partial charge >= 0.3 is 0 Å². The molecule has 2 aliphatic heterocycles. The van der Waals surface area contributed by atoms with Crippen LogP contribution in [0.3, 0.4) is 0 Å². The van der Waals surface area contributed by atoms with Crippen LogP contribution >= 0.6 is 0 Å². The average molecular weight is 536 g/mol. The molecule has 9 atom stereocenters. The van der Waals surface area contributed by atoms with E-state index in [9.17, 15) is 25.5 Å². The molecule has 1 saturated carbocycles. The van der Waals surface area contributed by atoms with Gasteiger partial charge in [-0.25, -0.2) is 0 Å². The van der Waals surface area contributed by atoms with E-state index < -0.39 is 60.7 Å². The highest BCUT2D eigenvalue weighted by Gasteiger charge is 2.48. The lowest BCUT2D eigenvalue weighted by molar-refractivity contribution is -0.297. The summed E-state index contributed by atoms with van der Waals surface area (Å²) >= 11 is 0. The van der Waals surface area contributed by atoms with Crippen molar-refractivity contribution in [3.05, 3.63) is 11.8 Å². The number of allylic oxidation sites excluding steroid dienone is 1. The number of nitrogens with one attached hydrogen (secondary N) is 2. The molecule has 1 saturated heterocycles. The molecule has 0 radical (unpaired) electrons. The number of rotatable bonds is 11. The molecular formula is C25H49N3O9. The zero-order valence-electron chi connectivity index (χ0n) is 22.6.